The third-order valence-electron chi connectivity index (χ3n) is 2.67. The van der Waals surface area contributed by atoms with E-state index >= 15 is 0 Å². The molecular weight excluding hydrogens is 301 g/mol. The van der Waals surface area contributed by atoms with E-state index in [1.165, 1.54) is 34.7 Å². The summed E-state index contributed by atoms with van der Waals surface area (Å²) in [5.74, 6) is 2.47. The average molecular weight is 317 g/mol. The summed E-state index contributed by atoms with van der Waals surface area (Å²) in [6.45, 7) is 3.74. The van der Waals surface area contributed by atoms with Crippen molar-refractivity contribution in [1.29, 1.82) is 0 Å². The Morgan fingerprint density at radius 2 is 2.07 bits per heavy atom. The Morgan fingerprint density at radius 1 is 1.40 bits per heavy atom. The number of halogens is 1. The normalized spacial score (nSPS) is 19.0. The number of hydrogen-bond acceptors (Lipinski definition) is 0. The van der Waals surface area contributed by atoms with E-state index in [0.717, 1.165) is 12.3 Å². The van der Waals surface area contributed by atoms with Gasteiger partial charge in [0.25, 0.3) is 0 Å². The summed E-state index contributed by atoms with van der Waals surface area (Å²) in [6.07, 6.45) is 5.69. The molecule has 1 saturated carbocycles. The van der Waals surface area contributed by atoms with Gasteiger partial charge in [-0.05, 0) is 0 Å². The Balaban J connectivity index is 0.000000531. The summed E-state index contributed by atoms with van der Waals surface area (Å²) in [5.41, 5.74) is 1.49. The van der Waals surface area contributed by atoms with Crippen molar-refractivity contribution in [2.45, 2.75) is 25.2 Å². The van der Waals surface area contributed by atoms with Crippen molar-refractivity contribution in [2.75, 3.05) is 0 Å². The minimum absolute atomic E-state index is 0.765. The fourth-order valence-corrected chi connectivity index (χ4v) is 1.81. The van der Waals surface area contributed by atoms with Crippen molar-refractivity contribution in [2.24, 2.45) is 0 Å². The van der Waals surface area contributed by atoms with Crippen molar-refractivity contribution >= 4 is 13.6 Å². The SMILES string of the molecule is C=CCC[C-]1C[C@@H]1c1ccccc1.[Zn+][Br]. The van der Waals surface area contributed by atoms with Gasteiger partial charge in [-0.25, -0.2) is 0 Å². The zero-order valence-corrected chi connectivity index (χ0v) is 13.5. The van der Waals surface area contributed by atoms with E-state index in [0.29, 0.717) is 0 Å². The molecule has 0 saturated heterocycles. The van der Waals surface area contributed by atoms with E-state index in [4.69, 9.17) is 0 Å². The molecule has 1 aromatic carbocycles. The first-order valence-corrected chi connectivity index (χ1v) is 12.1. The molecule has 0 radical (unpaired) electrons. The van der Waals surface area contributed by atoms with E-state index in [9.17, 15) is 0 Å². The van der Waals surface area contributed by atoms with Crippen LogP contribution in [0, 0.1) is 5.92 Å². The van der Waals surface area contributed by atoms with Gasteiger partial charge in [0.15, 0.2) is 0 Å². The van der Waals surface area contributed by atoms with Gasteiger partial charge in [-0.1, -0.05) is 48.4 Å². The van der Waals surface area contributed by atoms with Gasteiger partial charge in [0.05, 0.1) is 0 Å². The standard InChI is InChI=1S/C13H15.BrH.Zn/c1-2-3-7-12-10-13(12)11-8-5-4-6-9-11;;/h2,4-6,8-9,13H,1,3,7,10H2;1H;/q-1;;+2/p-1/t13-;;/m1../s1. The zero-order valence-electron chi connectivity index (χ0n) is 8.95. The fraction of sp³-hybridized carbons (Fsp3) is 0.308. The molecule has 1 fully saturated rings. The molecule has 0 spiro atoms. The molecule has 1 aliphatic rings. The van der Waals surface area contributed by atoms with E-state index in [1.54, 1.807) is 5.92 Å². The van der Waals surface area contributed by atoms with Crippen LogP contribution in [-0.2, 0) is 16.3 Å². The molecule has 1 aromatic rings. The Bertz CT molecular complexity index is 284. The fourth-order valence-electron chi connectivity index (χ4n) is 1.81. The van der Waals surface area contributed by atoms with Gasteiger partial charge in [0.2, 0.25) is 0 Å². The second-order valence-electron chi connectivity index (χ2n) is 3.65. The Kier molecular flexibility index (Phi) is 6.44. The number of hydrogen-bond donors (Lipinski definition) is 0. The van der Waals surface area contributed by atoms with Crippen molar-refractivity contribution < 1.29 is 16.3 Å². The van der Waals surface area contributed by atoms with Gasteiger partial charge >= 0.3 is 30.0 Å². The van der Waals surface area contributed by atoms with E-state index in [1.807, 2.05) is 6.08 Å². The molecule has 1 atom stereocenters. The maximum absolute atomic E-state index is 3.74. The summed E-state index contributed by atoms with van der Waals surface area (Å²) < 4.78 is 0. The van der Waals surface area contributed by atoms with Crippen LogP contribution < -0.4 is 0 Å². The van der Waals surface area contributed by atoms with Crippen LogP contribution >= 0.6 is 13.6 Å². The molecule has 0 heterocycles. The van der Waals surface area contributed by atoms with Crippen LogP contribution in [0.15, 0.2) is 43.0 Å². The molecule has 0 nitrogen and oxygen atoms in total. The molecule has 0 aromatic heterocycles. The number of benzene rings is 1. The van der Waals surface area contributed by atoms with Crippen LogP contribution in [0.2, 0.25) is 0 Å². The molecule has 0 unspecified atom stereocenters. The molecule has 0 amide bonds. The van der Waals surface area contributed by atoms with Crippen LogP contribution in [0.1, 0.15) is 30.7 Å². The maximum atomic E-state index is 3.74. The third-order valence-corrected chi connectivity index (χ3v) is 2.67. The molecule has 0 N–H and O–H groups in total. The van der Waals surface area contributed by atoms with Crippen LogP contribution in [0.5, 0.6) is 0 Å². The van der Waals surface area contributed by atoms with Crippen LogP contribution in [0.3, 0.4) is 0 Å². The number of allylic oxidation sites excluding steroid dienone is 1. The zero-order chi connectivity index (χ0) is 11.1. The Morgan fingerprint density at radius 3 is 2.67 bits per heavy atom. The third kappa shape index (κ3) is 4.20. The summed E-state index contributed by atoms with van der Waals surface area (Å²) >= 11 is 4.25. The van der Waals surface area contributed by atoms with Crippen molar-refractivity contribution in [3.8, 4) is 0 Å². The first kappa shape index (κ1) is 13.1. The summed E-state index contributed by atoms with van der Waals surface area (Å²) in [4.78, 5) is 0. The Hall–Kier alpha value is 0.0634. The molecule has 1 aliphatic carbocycles. The van der Waals surface area contributed by atoms with Crippen LogP contribution in [-0.4, -0.2) is 0 Å². The topological polar surface area (TPSA) is 0 Å². The van der Waals surface area contributed by atoms with E-state index in [-0.39, 0.29) is 0 Å². The van der Waals surface area contributed by atoms with Crippen molar-refractivity contribution in [3.05, 3.63) is 54.5 Å². The van der Waals surface area contributed by atoms with Gasteiger partial charge in [-0.3, -0.25) is 0 Å². The predicted molar refractivity (Wildman–Crippen MR) is 65.4 cm³/mol. The monoisotopic (exact) mass is 314 g/mol. The molecule has 15 heavy (non-hydrogen) atoms. The summed E-state index contributed by atoms with van der Waals surface area (Å²) in [7, 11) is 0. The number of rotatable bonds is 4. The molecular formula is C13H15BrZn. The summed E-state index contributed by atoms with van der Waals surface area (Å²) in [6, 6.07) is 10.8. The van der Waals surface area contributed by atoms with Gasteiger partial charge in [-0.2, -0.15) is 18.8 Å². The Labute approximate surface area is 109 Å². The first-order chi connectivity index (χ1) is 7.42. The van der Waals surface area contributed by atoms with Crippen molar-refractivity contribution in [1.82, 2.24) is 0 Å². The van der Waals surface area contributed by atoms with Crippen molar-refractivity contribution in [3.63, 3.8) is 0 Å². The van der Waals surface area contributed by atoms with Gasteiger partial charge < -0.3 is 5.92 Å². The molecule has 2 heteroatoms. The van der Waals surface area contributed by atoms with Crippen LogP contribution in [0.25, 0.3) is 0 Å². The van der Waals surface area contributed by atoms with Crippen LogP contribution in [0.4, 0.5) is 0 Å². The van der Waals surface area contributed by atoms with E-state index in [2.05, 4.69) is 50.5 Å². The summed E-state index contributed by atoms with van der Waals surface area (Å²) in [5, 5.41) is 0. The van der Waals surface area contributed by atoms with E-state index < -0.39 is 0 Å². The second-order valence-corrected chi connectivity index (χ2v) is 3.65. The van der Waals surface area contributed by atoms with Gasteiger partial charge in [-0.15, -0.1) is 6.58 Å². The minimum atomic E-state index is 0.765. The van der Waals surface area contributed by atoms with Gasteiger partial charge in [0, 0.05) is 0 Å². The molecule has 0 aliphatic heterocycles. The second kappa shape index (κ2) is 7.36. The molecule has 0 bridgehead atoms. The molecule has 76 valence electrons. The molecule has 2 rings (SSSR count). The predicted octanol–water partition coefficient (Wildman–Crippen LogP) is 4.56. The quantitative estimate of drug-likeness (QED) is 0.434. The average Bonchev–Trinajstić information content (AvgIpc) is 3.10. The van der Waals surface area contributed by atoms with Gasteiger partial charge in [0.1, 0.15) is 0 Å². The first-order valence-electron chi connectivity index (χ1n) is 5.19.